The van der Waals surface area contributed by atoms with Gasteiger partial charge in [-0.1, -0.05) is 18.7 Å². The number of benzene rings is 2. The molecule has 24 heavy (non-hydrogen) atoms. The number of aromatic nitrogens is 1. The van der Waals surface area contributed by atoms with Gasteiger partial charge in [-0.2, -0.15) is 0 Å². The van der Waals surface area contributed by atoms with Crippen LogP contribution >= 0.6 is 0 Å². The lowest BCUT2D eigenvalue weighted by molar-refractivity contribution is -0.136. The normalized spacial score (nSPS) is 10.8. The third kappa shape index (κ3) is 2.78. The molecule has 1 aromatic heterocycles. The van der Waals surface area contributed by atoms with Gasteiger partial charge in [-0.05, 0) is 54.4 Å². The molecule has 0 aliphatic heterocycles. The average Bonchev–Trinajstić information content (AvgIpc) is 2.91. The van der Waals surface area contributed by atoms with Crippen molar-refractivity contribution in [2.75, 3.05) is 7.11 Å². The van der Waals surface area contributed by atoms with E-state index in [1.165, 1.54) is 0 Å². The lowest BCUT2D eigenvalue weighted by Gasteiger charge is -2.13. The Balaban J connectivity index is 2.10. The Morgan fingerprint density at radius 3 is 2.54 bits per heavy atom. The molecule has 2 aromatic carbocycles. The lowest BCUT2D eigenvalue weighted by atomic mass is 10.1. The minimum atomic E-state index is -0.832. The molecule has 0 aliphatic rings. The van der Waals surface area contributed by atoms with Crippen LogP contribution in [0.5, 0.6) is 5.75 Å². The smallest absolute Gasteiger partial charge is 0.307 e. The summed E-state index contributed by atoms with van der Waals surface area (Å²) in [5.74, 6) is -0.0359. The molecule has 4 heteroatoms. The number of aliphatic carboxylic acids is 1. The average molecular weight is 321 g/mol. The molecule has 0 spiro atoms. The topological polar surface area (TPSA) is 51.5 Å². The minimum absolute atomic E-state index is 0.00973. The SMILES string of the molecule is C=C(c1ccc(OC)cc1)n1c(C)cc2c(CC(=O)O)cccc21. The van der Waals surface area contributed by atoms with Crippen LogP contribution < -0.4 is 4.74 Å². The molecule has 1 N–H and O–H groups in total. The highest BCUT2D eigenvalue weighted by Crippen LogP contribution is 2.29. The molecule has 0 radical (unpaired) electrons. The Bertz CT molecular complexity index is 920. The van der Waals surface area contributed by atoms with Crippen molar-refractivity contribution in [3.8, 4) is 5.75 Å². The fourth-order valence-electron chi connectivity index (χ4n) is 3.01. The van der Waals surface area contributed by atoms with Gasteiger partial charge in [0.1, 0.15) is 5.75 Å². The van der Waals surface area contributed by atoms with Crippen LogP contribution in [0.4, 0.5) is 0 Å². The third-order valence-electron chi connectivity index (χ3n) is 4.16. The van der Waals surface area contributed by atoms with Gasteiger partial charge >= 0.3 is 5.97 Å². The molecule has 0 bridgehead atoms. The number of hydrogen-bond donors (Lipinski definition) is 1. The van der Waals surface area contributed by atoms with E-state index in [9.17, 15) is 4.79 Å². The van der Waals surface area contributed by atoms with Crippen LogP contribution in [0.3, 0.4) is 0 Å². The first-order chi connectivity index (χ1) is 11.5. The van der Waals surface area contributed by atoms with Crippen LogP contribution in [0.25, 0.3) is 16.6 Å². The number of fused-ring (bicyclic) bond motifs is 1. The first-order valence-corrected chi connectivity index (χ1v) is 7.66. The summed E-state index contributed by atoms with van der Waals surface area (Å²) in [6.07, 6.45) is 0.00973. The predicted molar refractivity (Wildman–Crippen MR) is 95.4 cm³/mol. The Labute approximate surface area is 140 Å². The van der Waals surface area contributed by atoms with E-state index in [1.807, 2.05) is 55.5 Å². The van der Waals surface area contributed by atoms with Gasteiger partial charge in [-0.3, -0.25) is 4.79 Å². The highest BCUT2D eigenvalue weighted by molar-refractivity contribution is 5.91. The van der Waals surface area contributed by atoms with Gasteiger partial charge in [0.15, 0.2) is 0 Å². The molecule has 0 aliphatic carbocycles. The Kier molecular flexibility index (Phi) is 4.13. The lowest BCUT2D eigenvalue weighted by Crippen LogP contribution is -2.01. The molecule has 0 saturated carbocycles. The highest BCUT2D eigenvalue weighted by atomic mass is 16.5. The van der Waals surface area contributed by atoms with Crippen molar-refractivity contribution in [3.63, 3.8) is 0 Å². The standard InChI is InChI=1S/C20H19NO3/c1-13-11-18-16(12-20(22)23)5-4-6-19(18)21(13)14(2)15-7-9-17(24-3)10-8-15/h4-11H,2,12H2,1,3H3,(H,22,23). The number of carboxylic acids is 1. The van der Waals surface area contributed by atoms with Crippen molar-refractivity contribution >= 4 is 22.6 Å². The molecule has 0 amide bonds. The van der Waals surface area contributed by atoms with Crippen molar-refractivity contribution in [3.05, 3.63) is 71.9 Å². The predicted octanol–water partition coefficient (Wildman–Crippen LogP) is 4.10. The summed E-state index contributed by atoms with van der Waals surface area (Å²) in [5.41, 5.74) is 4.62. The van der Waals surface area contributed by atoms with Crippen molar-refractivity contribution in [1.82, 2.24) is 4.57 Å². The zero-order valence-corrected chi connectivity index (χ0v) is 13.7. The molecule has 3 aromatic rings. The molecule has 0 saturated heterocycles. The fraction of sp³-hybridized carbons (Fsp3) is 0.150. The molecule has 0 unspecified atom stereocenters. The summed E-state index contributed by atoms with van der Waals surface area (Å²) in [5, 5.41) is 10.1. The molecule has 122 valence electrons. The van der Waals surface area contributed by atoms with Crippen LogP contribution in [0.2, 0.25) is 0 Å². The second kappa shape index (κ2) is 6.24. The number of ether oxygens (including phenoxy) is 1. The summed E-state index contributed by atoms with van der Waals surface area (Å²) in [7, 11) is 1.64. The zero-order chi connectivity index (χ0) is 17.3. The summed E-state index contributed by atoms with van der Waals surface area (Å²) >= 11 is 0. The van der Waals surface area contributed by atoms with Gasteiger partial charge in [-0.15, -0.1) is 0 Å². The van der Waals surface area contributed by atoms with E-state index in [0.717, 1.165) is 39.2 Å². The van der Waals surface area contributed by atoms with E-state index in [-0.39, 0.29) is 6.42 Å². The Morgan fingerprint density at radius 2 is 1.92 bits per heavy atom. The van der Waals surface area contributed by atoms with Crippen LogP contribution in [0, 0.1) is 6.92 Å². The third-order valence-corrected chi connectivity index (χ3v) is 4.16. The van der Waals surface area contributed by atoms with Gasteiger partial charge in [0.25, 0.3) is 0 Å². The maximum Gasteiger partial charge on any atom is 0.307 e. The number of aryl methyl sites for hydroxylation is 1. The van der Waals surface area contributed by atoms with E-state index >= 15 is 0 Å². The van der Waals surface area contributed by atoms with Crippen molar-refractivity contribution in [2.45, 2.75) is 13.3 Å². The molecule has 3 rings (SSSR count). The van der Waals surface area contributed by atoms with Crippen LogP contribution in [-0.2, 0) is 11.2 Å². The summed E-state index contributed by atoms with van der Waals surface area (Å²) in [4.78, 5) is 11.1. The molecule has 0 atom stereocenters. The number of rotatable bonds is 5. The van der Waals surface area contributed by atoms with E-state index in [4.69, 9.17) is 9.84 Å². The summed E-state index contributed by atoms with van der Waals surface area (Å²) in [6, 6.07) is 15.5. The maximum absolute atomic E-state index is 11.1. The largest absolute Gasteiger partial charge is 0.497 e. The van der Waals surface area contributed by atoms with Crippen molar-refractivity contribution in [2.24, 2.45) is 0 Å². The minimum Gasteiger partial charge on any atom is -0.497 e. The van der Waals surface area contributed by atoms with E-state index in [0.29, 0.717) is 0 Å². The van der Waals surface area contributed by atoms with E-state index in [1.54, 1.807) is 7.11 Å². The van der Waals surface area contributed by atoms with Gasteiger partial charge in [0.2, 0.25) is 0 Å². The molecule has 4 nitrogen and oxygen atoms in total. The number of methoxy groups -OCH3 is 1. The highest BCUT2D eigenvalue weighted by Gasteiger charge is 2.14. The monoisotopic (exact) mass is 321 g/mol. The number of hydrogen-bond acceptors (Lipinski definition) is 2. The molecule has 0 fully saturated rings. The van der Waals surface area contributed by atoms with Gasteiger partial charge in [0.05, 0.1) is 19.0 Å². The summed E-state index contributed by atoms with van der Waals surface area (Å²) in [6.45, 7) is 6.23. The van der Waals surface area contributed by atoms with Gasteiger partial charge in [0, 0.05) is 16.8 Å². The molecule has 1 heterocycles. The van der Waals surface area contributed by atoms with E-state index < -0.39 is 5.97 Å². The summed E-state index contributed by atoms with van der Waals surface area (Å²) < 4.78 is 7.25. The first kappa shape index (κ1) is 15.9. The molecular weight excluding hydrogens is 302 g/mol. The Hall–Kier alpha value is -3.01. The fourth-order valence-corrected chi connectivity index (χ4v) is 3.01. The van der Waals surface area contributed by atoms with Crippen molar-refractivity contribution < 1.29 is 14.6 Å². The van der Waals surface area contributed by atoms with Crippen LogP contribution in [0.1, 0.15) is 16.8 Å². The first-order valence-electron chi connectivity index (χ1n) is 7.66. The van der Waals surface area contributed by atoms with Gasteiger partial charge < -0.3 is 14.4 Å². The number of nitrogens with zero attached hydrogens (tertiary/aromatic N) is 1. The van der Waals surface area contributed by atoms with Gasteiger partial charge in [-0.25, -0.2) is 0 Å². The number of carbonyl (C=O) groups is 1. The number of carboxylic acid groups (broad SMARTS) is 1. The second-order valence-electron chi connectivity index (χ2n) is 5.72. The quantitative estimate of drug-likeness (QED) is 0.769. The maximum atomic E-state index is 11.1. The van der Waals surface area contributed by atoms with Crippen molar-refractivity contribution in [1.29, 1.82) is 0 Å². The second-order valence-corrected chi connectivity index (χ2v) is 5.72. The van der Waals surface area contributed by atoms with Crippen LogP contribution in [0.15, 0.2) is 55.1 Å². The molecular formula is C20H19NO3. The zero-order valence-electron chi connectivity index (χ0n) is 13.7. The Morgan fingerprint density at radius 1 is 1.21 bits per heavy atom. The van der Waals surface area contributed by atoms with Crippen LogP contribution in [-0.4, -0.2) is 22.8 Å². The van der Waals surface area contributed by atoms with E-state index in [2.05, 4.69) is 11.1 Å².